The lowest BCUT2D eigenvalue weighted by molar-refractivity contribution is 0.135. The van der Waals surface area contributed by atoms with Crippen LogP contribution in [0.4, 0.5) is 0 Å². The van der Waals surface area contributed by atoms with E-state index in [-0.39, 0.29) is 12.0 Å². The van der Waals surface area contributed by atoms with Crippen molar-refractivity contribution >= 4 is 0 Å². The van der Waals surface area contributed by atoms with E-state index in [9.17, 15) is 5.11 Å². The van der Waals surface area contributed by atoms with Gasteiger partial charge in [-0.2, -0.15) is 0 Å². The number of hydrogen-bond donors (Lipinski definition) is 2. The van der Waals surface area contributed by atoms with Crippen LogP contribution in [0.1, 0.15) is 25.8 Å². The van der Waals surface area contributed by atoms with E-state index in [0.29, 0.717) is 0 Å². The summed E-state index contributed by atoms with van der Waals surface area (Å²) in [5.74, 6) is 0. The average Bonchev–Trinajstić information content (AvgIpc) is 2.70. The molecule has 0 spiro atoms. The monoisotopic (exact) mass is 197 g/mol. The molecular formula is C11H19NO2. The molecule has 0 aliphatic heterocycles. The standard InChI is InChI=1S/C11H19NO2/c1-3-11(2,9-13)8-12-6-10-4-5-14-7-10/h4-5,7,12-13H,3,6,8-9H2,1-2H3. The molecule has 0 fully saturated rings. The number of furan rings is 1. The molecule has 3 nitrogen and oxygen atoms in total. The lowest BCUT2D eigenvalue weighted by atomic mass is 9.88. The minimum atomic E-state index is -0.0102. The smallest absolute Gasteiger partial charge is 0.0947 e. The number of hydrogen-bond acceptors (Lipinski definition) is 3. The topological polar surface area (TPSA) is 45.4 Å². The molecule has 14 heavy (non-hydrogen) atoms. The number of nitrogens with one attached hydrogen (secondary N) is 1. The first-order valence-electron chi connectivity index (χ1n) is 5.03. The van der Waals surface area contributed by atoms with Gasteiger partial charge in [0.1, 0.15) is 0 Å². The molecule has 0 aliphatic carbocycles. The maximum Gasteiger partial charge on any atom is 0.0947 e. The van der Waals surface area contributed by atoms with Crippen LogP contribution >= 0.6 is 0 Å². The Balaban J connectivity index is 2.27. The molecule has 0 radical (unpaired) electrons. The summed E-state index contributed by atoms with van der Waals surface area (Å²) in [5.41, 5.74) is 1.13. The normalized spacial score (nSPS) is 15.4. The third kappa shape index (κ3) is 3.16. The molecule has 1 aromatic heterocycles. The summed E-state index contributed by atoms with van der Waals surface area (Å²) in [5, 5.41) is 12.5. The van der Waals surface area contributed by atoms with Gasteiger partial charge in [-0.15, -0.1) is 0 Å². The molecule has 0 saturated carbocycles. The zero-order chi connectivity index (χ0) is 10.4. The Labute approximate surface area is 85.1 Å². The van der Waals surface area contributed by atoms with Crippen LogP contribution in [-0.2, 0) is 6.54 Å². The minimum absolute atomic E-state index is 0.0102. The Morgan fingerprint density at radius 3 is 2.86 bits per heavy atom. The van der Waals surface area contributed by atoms with Crippen LogP contribution in [0.5, 0.6) is 0 Å². The largest absolute Gasteiger partial charge is 0.472 e. The fraction of sp³-hybridized carbons (Fsp3) is 0.636. The highest BCUT2D eigenvalue weighted by Gasteiger charge is 2.19. The van der Waals surface area contributed by atoms with E-state index in [1.165, 1.54) is 0 Å². The lowest BCUT2D eigenvalue weighted by Gasteiger charge is -2.25. The second-order valence-corrected chi connectivity index (χ2v) is 4.06. The van der Waals surface area contributed by atoms with Crippen molar-refractivity contribution in [3.63, 3.8) is 0 Å². The third-order valence-electron chi connectivity index (χ3n) is 2.70. The summed E-state index contributed by atoms with van der Waals surface area (Å²) in [7, 11) is 0. The van der Waals surface area contributed by atoms with Crippen LogP contribution in [0.3, 0.4) is 0 Å². The molecule has 1 rings (SSSR count). The van der Waals surface area contributed by atoms with Crippen molar-refractivity contribution in [2.45, 2.75) is 26.8 Å². The Bertz CT molecular complexity index is 240. The second-order valence-electron chi connectivity index (χ2n) is 4.06. The van der Waals surface area contributed by atoms with Crippen LogP contribution in [0.15, 0.2) is 23.0 Å². The summed E-state index contributed by atoms with van der Waals surface area (Å²) in [6, 6.07) is 1.94. The van der Waals surface area contributed by atoms with Crippen molar-refractivity contribution in [3.8, 4) is 0 Å². The molecule has 3 heteroatoms. The first-order chi connectivity index (χ1) is 6.70. The van der Waals surface area contributed by atoms with Crippen molar-refractivity contribution < 1.29 is 9.52 Å². The van der Waals surface area contributed by atoms with E-state index in [4.69, 9.17) is 4.42 Å². The van der Waals surface area contributed by atoms with Crippen LogP contribution in [0.2, 0.25) is 0 Å². The van der Waals surface area contributed by atoms with Gasteiger partial charge in [-0.05, 0) is 12.5 Å². The van der Waals surface area contributed by atoms with Gasteiger partial charge < -0.3 is 14.8 Å². The summed E-state index contributed by atoms with van der Waals surface area (Å²) in [4.78, 5) is 0. The molecule has 1 aromatic rings. The zero-order valence-electron chi connectivity index (χ0n) is 8.92. The van der Waals surface area contributed by atoms with Crippen molar-refractivity contribution in [1.29, 1.82) is 0 Å². The van der Waals surface area contributed by atoms with E-state index in [0.717, 1.165) is 25.1 Å². The molecule has 2 N–H and O–H groups in total. The molecule has 1 unspecified atom stereocenters. The van der Waals surface area contributed by atoms with Gasteiger partial charge in [0.15, 0.2) is 0 Å². The molecule has 0 aromatic carbocycles. The van der Waals surface area contributed by atoms with Crippen molar-refractivity contribution in [2.75, 3.05) is 13.2 Å². The van der Waals surface area contributed by atoms with Gasteiger partial charge in [-0.3, -0.25) is 0 Å². The second kappa shape index (κ2) is 5.17. The third-order valence-corrected chi connectivity index (χ3v) is 2.70. The van der Waals surface area contributed by atoms with Crippen molar-refractivity contribution in [2.24, 2.45) is 5.41 Å². The van der Waals surface area contributed by atoms with Crippen LogP contribution in [0.25, 0.3) is 0 Å². The molecule has 0 aliphatic rings. The SMILES string of the molecule is CCC(C)(CO)CNCc1ccoc1. The Kier molecular flexibility index (Phi) is 4.17. The first-order valence-corrected chi connectivity index (χ1v) is 5.03. The fourth-order valence-corrected chi connectivity index (χ4v) is 1.19. The Morgan fingerprint density at radius 1 is 1.57 bits per heavy atom. The predicted octanol–water partition coefficient (Wildman–Crippen LogP) is 1.78. The predicted molar refractivity (Wildman–Crippen MR) is 55.9 cm³/mol. The molecule has 0 bridgehead atoms. The van der Waals surface area contributed by atoms with Crippen molar-refractivity contribution in [1.82, 2.24) is 5.32 Å². The zero-order valence-corrected chi connectivity index (χ0v) is 8.92. The number of aliphatic hydroxyl groups is 1. The van der Waals surface area contributed by atoms with Gasteiger partial charge in [0.2, 0.25) is 0 Å². The summed E-state index contributed by atoms with van der Waals surface area (Å²) < 4.78 is 4.96. The van der Waals surface area contributed by atoms with Gasteiger partial charge in [0, 0.05) is 30.7 Å². The summed E-state index contributed by atoms with van der Waals surface area (Å²) in [6.45, 7) is 6.02. The van der Waals surface area contributed by atoms with Gasteiger partial charge in [-0.1, -0.05) is 13.8 Å². The molecule has 80 valence electrons. The van der Waals surface area contributed by atoms with E-state index < -0.39 is 0 Å². The highest BCUT2D eigenvalue weighted by molar-refractivity contribution is 5.04. The average molecular weight is 197 g/mol. The Morgan fingerprint density at radius 2 is 2.36 bits per heavy atom. The minimum Gasteiger partial charge on any atom is -0.472 e. The van der Waals surface area contributed by atoms with Gasteiger partial charge >= 0.3 is 0 Å². The van der Waals surface area contributed by atoms with E-state index >= 15 is 0 Å². The lowest BCUT2D eigenvalue weighted by Crippen LogP contribution is -2.33. The van der Waals surface area contributed by atoms with Crippen LogP contribution in [-0.4, -0.2) is 18.3 Å². The molecule has 0 amide bonds. The van der Waals surface area contributed by atoms with E-state index in [1.54, 1.807) is 12.5 Å². The van der Waals surface area contributed by atoms with Gasteiger partial charge in [0.05, 0.1) is 12.5 Å². The summed E-state index contributed by atoms with van der Waals surface area (Å²) >= 11 is 0. The molecular weight excluding hydrogens is 178 g/mol. The molecule has 1 heterocycles. The van der Waals surface area contributed by atoms with Gasteiger partial charge in [-0.25, -0.2) is 0 Å². The number of aliphatic hydroxyl groups excluding tert-OH is 1. The van der Waals surface area contributed by atoms with E-state index in [2.05, 4.69) is 19.2 Å². The van der Waals surface area contributed by atoms with Gasteiger partial charge in [0.25, 0.3) is 0 Å². The summed E-state index contributed by atoms with van der Waals surface area (Å²) in [6.07, 6.45) is 4.37. The van der Waals surface area contributed by atoms with Crippen LogP contribution in [0, 0.1) is 5.41 Å². The Hall–Kier alpha value is -0.800. The molecule has 0 saturated heterocycles. The van der Waals surface area contributed by atoms with Crippen molar-refractivity contribution in [3.05, 3.63) is 24.2 Å². The number of rotatable bonds is 6. The quantitative estimate of drug-likeness (QED) is 0.730. The highest BCUT2D eigenvalue weighted by Crippen LogP contribution is 2.18. The maximum absolute atomic E-state index is 9.18. The first kappa shape index (κ1) is 11.3. The molecule has 1 atom stereocenters. The highest BCUT2D eigenvalue weighted by atomic mass is 16.3. The van der Waals surface area contributed by atoms with Crippen LogP contribution < -0.4 is 5.32 Å². The maximum atomic E-state index is 9.18. The van der Waals surface area contributed by atoms with E-state index in [1.807, 2.05) is 6.07 Å². The fourth-order valence-electron chi connectivity index (χ4n) is 1.19.